The zero-order valence-corrected chi connectivity index (χ0v) is 14.7. The predicted octanol–water partition coefficient (Wildman–Crippen LogP) is 2.50. The normalized spacial score (nSPS) is 15.9. The first kappa shape index (κ1) is 16.7. The fourth-order valence-electron chi connectivity index (χ4n) is 3.45. The Morgan fingerprint density at radius 2 is 2.00 bits per heavy atom. The van der Waals surface area contributed by atoms with Crippen LogP contribution in [0, 0.1) is 0 Å². The minimum atomic E-state index is 0.118. The van der Waals surface area contributed by atoms with E-state index in [9.17, 15) is 4.79 Å². The molecule has 134 valence electrons. The van der Waals surface area contributed by atoms with Gasteiger partial charge in [0.15, 0.2) is 5.58 Å². The molecule has 2 aromatic heterocycles. The monoisotopic (exact) mass is 350 g/mol. The van der Waals surface area contributed by atoms with Crippen molar-refractivity contribution >= 4 is 16.9 Å². The number of carbonyl (C=O) groups excluding carboxylic acids is 1. The van der Waals surface area contributed by atoms with Gasteiger partial charge in [0.05, 0.1) is 6.42 Å². The van der Waals surface area contributed by atoms with Gasteiger partial charge in [-0.3, -0.25) is 14.7 Å². The number of rotatable bonds is 4. The second-order valence-corrected chi connectivity index (χ2v) is 6.67. The molecule has 0 N–H and O–H groups in total. The number of aromatic nitrogens is 2. The number of amides is 1. The highest BCUT2D eigenvalue weighted by Crippen LogP contribution is 2.19. The fourth-order valence-corrected chi connectivity index (χ4v) is 3.45. The summed E-state index contributed by atoms with van der Waals surface area (Å²) in [5, 5.41) is 5.01. The summed E-state index contributed by atoms with van der Waals surface area (Å²) in [5.74, 6) is 0.118. The quantitative estimate of drug-likeness (QED) is 0.723. The zero-order chi connectivity index (χ0) is 17.8. The van der Waals surface area contributed by atoms with E-state index in [4.69, 9.17) is 4.52 Å². The van der Waals surface area contributed by atoms with Crippen LogP contribution in [0.1, 0.15) is 17.7 Å². The van der Waals surface area contributed by atoms with Gasteiger partial charge in [-0.05, 0) is 30.2 Å². The highest BCUT2D eigenvalue weighted by Gasteiger charge is 2.21. The largest absolute Gasteiger partial charge is 0.356 e. The van der Waals surface area contributed by atoms with E-state index >= 15 is 0 Å². The van der Waals surface area contributed by atoms with Crippen molar-refractivity contribution < 1.29 is 9.32 Å². The average molecular weight is 350 g/mol. The molecule has 1 fully saturated rings. The van der Waals surface area contributed by atoms with Crippen LogP contribution in [0.25, 0.3) is 11.0 Å². The highest BCUT2D eigenvalue weighted by molar-refractivity contribution is 5.86. The van der Waals surface area contributed by atoms with E-state index in [0.717, 1.165) is 55.8 Å². The summed E-state index contributed by atoms with van der Waals surface area (Å²) in [6.45, 7) is 4.28. The van der Waals surface area contributed by atoms with Gasteiger partial charge in [0.2, 0.25) is 5.91 Å². The maximum absolute atomic E-state index is 12.7. The van der Waals surface area contributed by atoms with Crippen molar-refractivity contribution in [3.63, 3.8) is 0 Å². The molecule has 4 rings (SSSR count). The van der Waals surface area contributed by atoms with Crippen LogP contribution in [0.5, 0.6) is 0 Å². The molecule has 1 aliphatic heterocycles. The van der Waals surface area contributed by atoms with Crippen LogP contribution in [0.2, 0.25) is 0 Å². The molecule has 1 aromatic carbocycles. The van der Waals surface area contributed by atoms with Gasteiger partial charge in [-0.15, -0.1) is 0 Å². The van der Waals surface area contributed by atoms with Crippen LogP contribution in [0.15, 0.2) is 53.3 Å². The summed E-state index contributed by atoms with van der Waals surface area (Å²) in [7, 11) is 0. The van der Waals surface area contributed by atoms with Gasteiger partial charge in [-0.1, -0.05) is 23.4 Å². The minimum absolute atomic E-state index is 0.118. The standard InChI is InChI=1S/C20H22N4O2/c25-20(13-18-17-6-1-2-7-19(17)26-22-18)24-10-4-9-23(11-12-24)15-16-5-3-8-21-14-16/h1-3,5-8,14H,4,9-13,15H2. The molecule has 0 aliphatic carbocycles. The van der Waals surface area contributed by atoms with Crippen molar-refractivity contribution in [2.45, 2.75) is 19.4 Å². The summed E-state index contributed by atoms with van der Waals surface area (Å²) in [5.41, 5.74) is 2.66. The Kier molecular flexibility index (Phi) is 4.93. The van der Waals surface area contributed by atoms with E-state index in [1.54, 1.807) is 6.20 Å². The smallest absolute Gasteiger partial charge is 0.228 e. The summed E-state index contributed by atoms with van der Waals surface area (Å²) in [6.07, 6.45) is 4.97. The molecule has 1 saturated heterocycles. The highest BCUT2D eigenvalue weighted by atomic mass is 16.5. The van der Waals surface area contributed by atoms with Crippen molar-refractivity contribution in [3.8, 4) is 0 Å². The number of para-hydroxylation sites is 1. The van der Waals surface area contributed by atoms with E-state index in [-0.39, 0.29) is 5.91 Å². The molecule has 0 bridgehead atoms. The minimum Gasteiger partial charge on any atom is -0.356 e. The molecule has 0 unspecified atom stereocenters. The Balaban J connectivity index is 1.37. The lowest BCUT2D eigenvalue weighted by molar-refractivity contribution is -0.130. The van der Waals surface area contributed by atoms with E-state index < -0.39 is 0 Å². The summed E-state index contributed by atoms with van der Waals surface area (Å²) in [4.78, 5) is 21.3. The Morgan fingerprint density at radius 1 is 1.08 bits per heavy atom. The average Bonchev–Trinajstić information content (AvgIpc) is 2.92. The Labute approximate surface area is 152 Å². The van der Waals surface area contributed by atoms with E-state index in [1.165, 1.54) is 5.56 Å². The third-order valence-corrected chi connectivity index (χ3v) is 4.84. The van der Waals surface area contributed by atoms with Crippen molar-refractivity contribution in [1.82, 2.24) is 19.9 Å². The van der Waals surface area contributed by atoms with Gasteiger partial charge in [0.1, 0.15) is 5.69 Å². The van der Waals surface area contributed by atoms with Gasteiger partial charge in [0.25, 0.3) is 0 Å². The first-order chi connectivity index (χ1) is 12.8. The second-order valence-electron chi connectivity index (χ2n) is 6.67. The Morgan fingerprint density at radius 3 is 2.88 bits per heavy atom. The first-order valence-electron chi connectivity index (χ1n) is 9.02. The first-order valence-corrected chi connectivity index (χ1v) is 9.02. The van der Waals surface area contributed by atoms with Crippen LogP contribution < -0.4 is 0 Å². The lowest BCUT2D eigenvalue weighted by atomic mass is 10.1. The van der Waals surface area contributed by atoms with Gasteiger partial charge < -0.3 is 9.42 Å². The zero-order valence-electron chi connectivity index (χ0n) is 14.7. The predicted molar refractivity (Wildman–Crippen MR) is 98.4 cm³/mol. The summed E-state index contributed by atoms with van der Waals surface area (Å²) >= 11 is 0. The number of carbonyl (C=O) groups is 1. The van der Waals surface area contributed by atoms with E-state index in [1.807, 2.05) is 41.4 Å². The molecule has 26 heavy (non-hydrogen) atoms. The number of hydrogen-bond acceptors (Lipinski definition) is 5. The van der Waals surface area contributed by atoms with Gasteiger partial charge >= 0.3 is 0 Å². The summed E-state index contributed by atoms with van der Waals surface area (Å²) < 4.78 is 5.31. The van der Waals surface area contributed by atoms with Gasteiger partial charge in [0, 0.05) is 50.5 Å². The van der Waals surface area contributed by atoms with Crippen LogP contribution in [0.3, 0.4) is 0 Å². The molecule has 6 nitrogen and oxygen atoms in total. The van der Waals surface area contributed by atoms with Crippen LogP contribution in [-0.2, 0) is 17.8 Å². The molecule has 0 radical (unpaired) electrons. The number of nitrogens with zero attached hydrogens (tertiary/aromatic N) is 4. The van der Waals surface area contributed by atoms with Crippen LogP contribution in [0.4, 0.5) is 0 Å². The molecule has 3 heterocycles. The summed E-state index contributed by atoms with van der Waals surface area (Å²) in [6, 6.07) is 11.7. The topological polar surface area (TPSA) is 62.5 Å². The third-order valence-electron chi connectivity index (χ3n) is 4.84. The van der Waals surface area contributed by atoms with E-state index in [2.05, 4.69) is 21.1 Å². The molecular weight excluding hydrogens is 328 g/mol. The third kappa shape index (κ3) is 3.75. The van der Waals surface area contributed by atoms with Crippen molar-refractivity contribution in [2.75, 3.05) is 26.2 Å². The molecule has 1 aliphatic rings. The molecular formula is C20H22N4O2. The Bertz CT molecular complexity index is 878. The molecule has 0 spiro atoms. The second kappa shape index (κ2) is 7.66. The van der Waals surface area contributed by atoms with Gasteiger partial charge in [-0.2, -0.15) is 0 Å². The maximum Gasteiger partial charge on any atom is 0.228 e. The van der Waals surface area contributed by atoms with Crippen molar-refractivity contribution in [2.24, 2.45) is 0 Å². The molecule has 0 saturated carbocycles. The van der Waals surface area contributed by atoms with Crippen molar-refractivity contribution in [3.05, 3.63) is 60.0 Å². The van der Waals surface area contributed by atoms with E-state index in [0.29, 0.717) is 6.42 Å². The van der Waals surface area contributed by atoms with Crippen LogP contribution >= 0.6 is 0 Å². The number of pyridine rings is 1. The molecule has 6 heteroatoms. The lowest BCUT2D eigenvalue weighted by Crippen LogP contribution is -2.36. The molecule has 3 aromatic rings. The Hall–Kier alpha value is -2.73. The van der Waals surface area contributed by atoms with Gasteiger partial charge in [-0.25, -0.2) is 0 Å². The lowest BCUT2D eigenvalue weighted by Gasteiger charge is -2.21. The number of hydrogen-bond donors (Lipinski definition) is 0. The number of fused-ring (bicyclic) bond motifs is 1. The maximum atomic E-state index is 12.7. The van der Waals surface area contributed by atoms with Crippen LogP contribution in [-0.4, -0.2) is 52.0 Å². The molecule has 1 amide bonds. The number of benzene rings is 1. The fraction of sp³-hybridized carbons (Fsp3) is 0.350. The van der Waals surface area contributed by atoms with Crippen molar-refractivity contribution in [1.29, 1.82) is 0 Å². The molecule has 0 atom stereocenters. The SMILES string of the molecule is O=C(Cc1noc2ccccc12)N1CCCN(Cc2cccnc2)CC1.